The summed E-state index contributed by atoms with van der Waals surface area (Å²) < 4.78 is 4.94. The summed E-state index contributed by atoms with van der Waals surface area (Å²) in [5, 5.41) is 11.2. The molecule has 15 heavy (non-hydrogen) atoms. The van der Waals surface area contributed by atoms with Crippen molar-refractivity contribution in [3.8, 4) is 6.07 Å². The lowest BCUT2D eigenvalue weighted by molar-refractivity contribution is -0.122. The highest BCUT2D eigenvalue weighted by Gasteiger charge is 2.08. The first-order valence-electron chi connectivity index (χ1n) is 5.09. The topological polar surface area (TPSA) is 65.4 Å². The van der Waals surface area contributed by atoms with Crippen LogP contribution < -0.4 is 5.32 Å². The third kappa shape index (κ3) is 7.91. The average Bonchev–Trinajstić information content (AvgIpc) is 2.22. The van der Waals surface area contributed by atoms with Gasteiger partial charge in [-0.25, -0.2) is 0 Å². The van der Waals surface area contributed by atoms with Crippen LogP contribution in [0.3, 0.4) is 0 Å². The number of nitrogens with one attached hydrogen (secondary N) is 1. The highest BCUT2D eigenvalue weighted by atomic mass is 16.5. The van der Waals surface area contributed by atoms with Gasteiger partial charge in [0.2, 0.25) is 5.91 Å². The van der Waals surface area contributed by atoms with Crippen LogP contribution in [0, 0.1) is 11.3 Å². The van der Waals surface area contributed by atoms with Crippen molar-refractivity contribution in [3.63, 3.8) is 0 Å². The number of amides is 1. The van der Waals surface area contributed by atoms with Gasteiger partial charge in [-0.15, -0.1) is 0 Å². The Morgan fingerprint density at radius 1 is 1.53 bits per heavy atom. The smallest absolute Gasteiger partial charge is 0.234 e. The molecule has 1 N–H and O–H groups in total. The van der Waals surface area contributed by atoms with Crippen LogP contribution in [-0.2, 0) is 9.53 Å². The number of carbonyl (C=O) groups excluding carboxylic acids is 1. The molecule has 0 radical (unpaired) electrons. The molecule has 0 aliphatic rings. The van der Waals surface area contributed by atoms with Crippen molar-refractivity contribution in [3.05, 3.63) is 0 Å². The van der Waals surface area contributed by atoms with Crippen molar-refractivity contribution in [2.45, 2.75) is 13.3 Å². The van der Waals surface area contributed by atoms with E-state index >= 15 is 0 Å². The Kier molecular flexibility index (Phi) is 8.73. The molecule has 0 unspecified atom stereocenters. The number of ether oxygens (including phenoxy) is 1. The van der Waals surface area contributed by atoms with Gasteiger partial charge >= 0.3 is 0 Å². The van der Waals surface area contributed by atoms with E-state index in [1.54, 1.807) is 7.11 Å². The summed E-state index contributed by atoms with van der Waals surface area (Å²) in [6.45, 7) is 4.71. The van der Waals surface area contributed by atoms with Crippen molar-refractivity contribution >= 4 is 5.91 Å². The maximum absolute atomic E-state index is 11.3. The minimum atomic E-state index is -0.00783. The monoisotopic (exact) mass is 213 g/mol. The molecule has 0 spiro atoms. The van der Waals surface area contributed by atoms with Gasteiger partial charge in [-0.1, -0.05) is 0 Å². The van der Waals surface area contributed by atoms with Gasteiger partial charge in [0.05, 0.1) is 19.2 Å². The molecular weight excluding hydrogens is 194 g/mol. The zero-order valence-corrected chi connectivity index (χ0v) is 9.45. The SMILES string of the molecule is CCNC(=O)CN(CCC#N)CCOC. The Balaban J connectivity index is 3.88. The molecule has 0 saturated carbocycles. The zero-order chi connectivity index (χ0) is 11.5. The summed E-state index contributed by atoms with van der Waals surface area (Å²) in [5.74, 6) is -0.00783. The molecule has 86 valence electrons. The van der Waals surface area contributed by atoms with E-state index < -0.39 is 0 Å². The van der Waals surface area contributed by atoms with Crippen molar-refractivity contribution in [2.75, 3.05) is 39.9 Å². The van der Waals surface area contributed by atoms with Gasteiger partial charge in [0, 0.05) is 33.2 Å². The minimum Gasteiger partial charge on any atom is -0.383 e. The minimum absolute atomic E-state index is 0.00783. The number of hydrogen-bond donors (Lipinski definition) is 1. The number of nitriles is 1. The summed E-state index contributed by atoms with van der Waals surface area (Å²) in [6.07, 6.45) is 0.434. The number of nitrogens with zero attached hydrogens (tertiary/aromatic N) is 2. The van der Waals surface area contributed by atoms with Gasteiger partial charge < -0.3 is 10.1 Å². The van der Waals surface area contributed by atoms with E-state index in [0.29, 0.717) is 39.2 Å². The van der Waals surface area contributed by atoms with Crippen LogP contribution in [0.2, 0.25) is 0 Å². The molecule has 0 fully saturated rings. The molecule has 0 aliphatic heterocycles. The molecule has 0 rings (SSSR count). The Hall–Kier alpha value is -1.12. The molecule has 0 aromatic heterocycles. The van der Waals surface area contributed by atoms with Crippen molar-refractivity contribution < 1.29 is 9.53 Å². The van der Waals surface area contributed by atoms with E-state index in [-0.39, 0.29) is 5.91 Å². The molecular formula is C10H19N3O2. The van der Waals surface area contributed by atoms with Crippen LogP contribution in [0.25, 0.3) is 0 Å². The Morgan fingerprint density at radius 3 is 2.80 bits per heavy atom. The Morgan fingerprint density at radius 2 is 2.27 bits per heavy atom. The third-order valence-electron chi connectivity index (χ3n) is 1.89. The second-order valence-corrected chi connectivity index (χ2v) is 3.13. The normalized spacial score (nSPS) is 10.0. The predicted molar refractivity (Wildman–Crippen MR) is 57.2 cm³/mol. The molecule has 0 heterocycles. The molecule has 0 aliphatic carbocycles. The predicted octanol–water partition coefficient (Wildman–Crippen LogP) is -0.0154. The lowest BCUT2D eigenvalue weighted by atomic mass is 10.3. The summed E-state index contributed by atoms with van der Waals surface area (Å²) >= 11 is 0. The summed E-state index contributed by atoms with van der Waals surface area (Å²) in [7, 11) is 1.62. The molecule has 0 aromatic rings. The number of hydrogen-bond acceptors (Lipinski definition) is 4. The van der Waals surface area contributed by atoms with E-state index in [1.165, 1.54) is 0 Å². The fraction of sp³-hybridized carbons (Fsp3) is 0.800. The lowest BCUT2D eigenvalue weighted by Crippen LogP contribution is -2.39. The second kappa shape index (κ2) is 9.44. The molecule has 0 aromatic carbocycles. The summed E-state index contributed by atoms with van der Waals surface area (Å²) in [5.41, 5.74) is 0. The number of likely N-dealkylation sites (N-methyl/N-ethyl adjacent to an activating group) is 1. The maximum atomic E-state index is 11.3. The Labute approximate surface area is 91.0 Å². The molecule has 1 amide bonds. The zero-order valence-electron chi connectivity index (χ0n) is 9.45. The van der Waals surface area contributed by atoms with E-state index in [0.717, 1.165) is 0 Å². The van der Waals surface area contributed by atoms with E-state index in [4.69, 9.17) is 10.00 Å². The second-order valence-electron chi connectivity index (χ2n) is 3.13. The number of methoxy groups -OCH3 is 1. The number of rotatable bonds is 8. The van der Waals surface area contributed by atoms with Crippen LogP contribution >= 0.6 is 0 Å². The highest BCUT2D eigenvalue weighted by Crippen LogP contribution is 1.91. The fourth-order valence-electron chi connectivity index (χ4n) is 1.15. The third-order valence-corrected chi connectivity index (χ3v) is 1.89. The fourth-order valence-corrected chi connectivity index (χ4v) is 1.15. The maximum Gasteiger partial charge on any atom is 0.234 e. The van der Waals surface area contributed by atoms with Crippen molar-refractivity contribution in [1.29, 1.82) is 5.26 Å². The first-order valence-corrected chi connectivity index (χ1v) is 5.09. The summed E-state index contributed by atoms with van der Waals surface area (Å²) in [6, 6.07) is 2.07. The van der Waals surface area contributed by atoms with E-state index in [1.807, 2.05) is 11.8 Å². The lowest BCUT2D eigenvalue weighted by Gasteiger charge is -2.19. The highest BCUT2D eigenvalue weighted by molar-refractivity contribution is 5.77. The van der Waals surface area contributed by atoms with Gasteiger partial charge in [0.15, 0.2) is 0 Å². The molecule has 5 heteroatoms. The average molecular weight is 213 g/mol. The van der Waals surface area contributed by atoms with Crippen molar-refractivity contribution in [2.24, 2.45) is 0 Å². The molecule has 5 nitrogen and oxygen atoms in total. The van der Waals surface area contributed by atoms with Crippen LogP contribution in [0.15, 0.2) is 0 Å². The van der Waals surface area contributed by atoms with Gasteiger partial charge in [-0.2, -0.15) is 5.26 Å². The number of carbonyl (C=O) groups is 1. The van der Waals surface area contributed by atoms with Gasteiger partial charge in [-0.05, 0) is 6.92 Å². The molecule has 0 saturated heterocycles. The van der Waals surface area contributed by atoms with E-state index in [9.17, 15) is 4.79 Å². The quantitative estimate of drug-likeness (QED) is 0.615. The van der Waals surface area contributed by atoms with Crippen molar-refractivity contribution in [1.82, 2.24) is 10.2 Å². The van der Waals surface area contributed by atoms with E-state index in [2.05, 4.69) is 11.4 Å². The van der Waals surface area contributed by atoms with Gasteiger partial charge in [0.1, 0.15) is 0 Å². The largest absolute Gasteiger partial charge is 0.383 e. The van der Waals surface area contributed by atoms with Crippen LogP contribution in [0.1, 0.15) is 13.3 Å². The molecule has 0 bridgehead atoms. The standard InChI is InChI=1S/C10H19N3O2/c1-3-12-10(14)9-13(6-4-5-11)7-8-15-2/h3-4,6-9H2,1-2H3,(H,12,14). The Bertz CT molecular complexity index is 213. The van der Waals surface area contributed by atoms with Crippen LogP contribution in [0.4, 0.5) is 0 Å². The molecule has 0 atom stereocenters. The summed E-state index contributed by atoms with van der Waals surface area (Å²) in [4.78, 5) is 13.2. The van der Waals surface area contributed by atoms with Gasteiger partial charge in [-0.3, -0.25) is 9.69 Å². The first kappa shape index (κ1) is 13.9. The van der Waals surface area contributed by atoms with Crippen LogP contribution in [-0.4, -0.2) is 50.7 Å². The first-order chi connectivity index (χ1) is 7.24. The van der Waals surface area contributed by atoms with Crippen LogP contribution in [0.5, 0.6) is 0 Å². The van der Waals surface area contributed by atoms with Gasteiger partial charge in [0.25, 0.3) is 0 Å².